The number of carboxylic acids is 1. The second-order valence-electron chi connectivity index (χ2n) is 5.55. The number of primary amides is 1. The predicted molar refractivity (Wildman–Crippen MR) is 83.6 cm³/mol. The van der Waals surface area contributed by atoms with Crippen LogP contribution in [-0.4, -0.2) is 48.8 Å². The number of carbonyl (C=O) groups is 3. The third-order valence-electron chi connectivity index (χ3n) is 3.72. The highest BCUT2D eigenvalue weighted by Crippen LogP contribution is 2.19. The highest BCUT2D eigenvalue weighted by atomic mass is 16.5. The van der Waals surface area contributed by atoms with E-state index in [1.54, 1.807) is 0 Å². The molecule has 0 radical (unpaired) electrons. The fraction of sp³-hybridized carbons (Fsp3) is 0.438. The first-order chi connectivity index (χ1) is 11.5. The number of nitrogens with two attached hydrogens (primary N) is 1. The lowest BCUT2D eigenvalue weighted by Gasteiger charge is -2.28. The average molecular weight is 336 g/mol. The SMILES string of the molecule is NC(=O)COc1ccc(C(=O)NC(C(=O)O)C2CCCOC2)cc1. The van der Waals surface area contributed by atoms with Gasteiger partial charge in [0.05, 0.1) is 6.61 Å². The molecule has 2 amide bonds. The molecule has 8 heteroatoms. The Labute approximate surface area is 138 Å². The summed E-state index contributed by atoms with van der Waals surface area (Å²) in [5.74, 6) is -2.04. The van der Waals surface area contributed by atoms with Gasteiger partial charge in [-0.25, -0.2) is 4.79 Å². The van der Waals surface area contributed by atoms with Crippen molar-refractivity contribution in [2.45, 2.75) is 18.9 Å². The Morgan fingerprint density at radius 2 is 2.04 bits per heavy atom. The van der Waals surface area contributed by atoms with Gasteiger partial charge in [0.15, 0.2) is 6.61 Å². The molecular weight excluding hydrogens is 316 g/mol. The van der Waals surface area contributed by atoms with Crippen LogP contribution in [0.1, 0.15) is 23.2 Å². The molecule has 0 bridgehead atoms. The van der Waals surface area contributed by atoms with Gasteiger partial charge in [0.2, 0.25) is 0 Å². The molecule has 1 aliphatic heterocycles. The summed E-state index contributed by atoms with van der Waals surface area (Å²) in [6.07, 6.45) is 1.47. The number of carbonyl (C=O) groups excluding carboxylic acids is 2. The zero-order valence-corrected chi connectivity index (χ0v) is 13.1. The quantitative estimate of drug-likeness (QED) is 0.651. The number of benzene rings is 1. The van der Waals surface area contributed by atoms with E-state index in [0.29, 0.717) is 30.9 Å². The van der Waals surface area contributed by atoms with Crippen molar-refractivity contribution in [3.8, 4) is 5.75 Å². The van der Waals surface area contributed by atoms with Crippen LogP contribution in [0.15, 0.2) is 24.3 Å². The van der Waals surface area contributed by atoms with Crippen LogP contribution < -0.4 is 15.8 Å². The van der Waals surface area contributed by atoms with Crippen LogP contribution in [-0.2, 0) is 14.3 Å². The summed E-state index contributed by atoms with van der Waals surface area (Å²) in [6.45, 7) is 0.676. The highest BCUT2D eigenvalue weighted by Gasteiger charge is 2.31. The van der Waals surface area contributed by atoms with Crippen molar-refractivity contribution in [1.29, 1.82) is 0 Å². The van der Waals surface area contributed by atoms with Crippen molar-refractivity contribution in [2.24, 2.45) is 11.7 Å². The van der Waals surface area contributed by atoms with Gasteiger partial charge in [-0.05, 0) is 37.1 Å². The number of aliphatic carboxylic acids is 1. The van der Waals surface area contributed by atoms with E-state index < -0.39 is 23.8 Å². The molecule has 24 heavy (non-hydrogen) atoms. The minimum atomic E-state index is -1.08. The van der Waals surface area contributed by atoms with Crippen molar-refractivity contribution >= 4 is 17.8 Å². The molecule has 130 valence electrons. The molecule has 0 aromatic heterocycles. The van der Waals surface area contributed by atoms with Gasteiger partial charge in [-0.1, -0.05) is 0 Å². The standard InChI is InChI=1S/C16H20N2O6/c17-13(19)9-24-12-5-3-10(4-6-12)15(20)18-14(16(21)22)11-2-1-7-23-8-11/h3-6,11,14H,1-2,7-9H2,(H2,17,19)(H,18,20)(H,21,22). The number of carboxylic acid groups (broad SMARTS) is 1. The summed E-state index contributed by atoms with van der Waals surface area (Å²) in [5, 5.41) is 11.9. The molecule has 1 saturated heterocycles. The third kappa shape index (κ3) is 4.95. The molecule has 1 aromatic rings. The lowest BCUT2D eigenvalue weighted by molar-refractivity contribution is -0.142. The molecular formula is C16H20N2O6. The second-order valence-corrected chi connectivity index (χ2v) is 5.55. The van der Waals surface area contributed by atoms with Crippen LogP contribution >= 0.6 is 0 Å². The van der Waals surface area contributed by atoms with Gasteiger partial charge < -0.3 is 25.6 Å². The first-order valence-electron chi connectivity index (χ1n) is 7.60. The van der Waals surface area contributed by atoms with Crippen molar-refractivity contribution in [3.05, 3.63) is 29.8 Å². The normalized spacial score (nSPS) is 18.4. The number of rotatable bonds is 7. The van der Waals surface area contributed by atoms with Gasteiger partial charge in [-0.3, -0.25) is 9.59 Å². The van der Waals surface area contributed by atoms with Crippen molar-refractivity contribution < 1.29 is 29.0 Å². The minimum absolute atomic E-state index is 0.252. The summed E-state index contributed by atoms with van der Waals surface area (Å²) in [4.78, 5) is 34.3. The summed E-state index contributed by atoms with van der Waals surface area (Å²) in [5.41, 5.74) is 5.27. The maximum atomic E-state index is 12.2. The first kappa shape index (κ1) is 17.7. The molecule has 2 unspecified atom stereocenters. The maximum absolute atomic E-state index is 12.2. The Hall–Kier alpha value is -2.61. The molecule has 8 nitrogen and oxygen atoms in total. The fourth-order valence-corrected chi connectivity index (χ4v) is 2.49. The van der Waals surface area contributed by atoms with Gasteiger partial charge in [-0.2, -0.15) is 0 Å². The molecule has 4 N–H and O–H groups in total. The van der Waals surface area contributed by atoms with E-state index in [-0.39, 0.29) is 12.5 Å². The lowest BCUT2D eigenvalue weighted by atomic mass is 9.93. The number of nitrogens with one attached hydrogen (secondary N) is 1. The Morgan fingerprint density at radius 3 is 2.58 bits per heavy atom. The Balaban J connectivity index is 1.98. The molecule has 2 rings (SSSR count). The first-order valence-corrected chi connectivity index (χ1v) is 7.60. The topological polar surface area (TPSA) is 128 Å². The molecule has 1 fully saturated rings. The molecule has 1 aromatic carbocycles. The Morgan fingerprint density at radius 1 is 1.33 bits per heavy atom. The van der Waals surface area contributed by atoms with E-state index in [4.69, 9.17) is 15.2 Å². The number of amides is 2. The van der Waals surface area contributed by atoms with Crippen molar-refractivity contribution in [3.63, 3.8) is 0 Å². The van der Waals surface area contributed by atoms with E-state index in [2.05, 4.69) is 5.32 Å². The van der Waals surface area contributed by atoms with Crippen molar-refractivity contribution in [2.75, 3.05) is 19.8 Å². The van der Waals surface area contributed by atoms with E-state index >= 15 is 0 Å². The van der Waals surface area contributed by atoms with Gasteiger partial charge in [-0.15, -0.1) is 0 Å². The lowest BCUT2D eigenvalue weighted by Crippen LogP contribution is -2.48. The number of ether oxygens (including phenoxy) is 2. The fourth-order valence-electron chi connectivity index (χ4n) is 2.49. The van der Waals surface area contributed by atoms with Gasteiger partial charge >= 0.3 is 5.97 Å². The van der Waals surface area contributed by atoms with E-state index in [1.165, 1.54) is 24.3 Å². The predicted octanol–water partition coefficient (Wildman–Crippen LogP) is 0.160. The molecule has 0 saturated carbocycles. The highest BCUT2D eigenvalue weighted by molar-refractivity contribution is 5.96. The largest absolute Gasteiger partial charge is 0.484 e. The van der Waals surface area contributed by atoms with Gasteiger partial charge in [0, 0.05) is 18.1 Å². The summed E-state index contributed by atoms with van der Waals surface area (Å²) in [6, 6.07) is 5.00. The van der Waals surface area contributed by atoms with E-state index in [0.717, 1.165) is 6.42 Å². The zero-order chi connectivity index (χ0) is 17.5. The third-order valence-corrected chi connectivity index (χ3v) is 3.72. The zero-order valence-electron chi connectivity index (χ0n) is 13.1. The molecule has 1 heterocycles. The Bertz CT molecular complexity index is 595. The second kappa shape index (κ2) is 8.30. The molecule has 2 atom stereocenters. The van der Waals surface area contributed by atoms with Gasteiger partial charge in [0.1, 0.15) is 11.8 Å². The maximum Gasteiger partial charge on any atom is 0.326 e. The van der Waals surface area contributed by atoms with E-state index in [1.807, 2.05) is 0 Å². The van der Waals surface area contributed by atoms with Crippen LogP contribution in [0.3, 0.4) is 0 Å². The van der Waals surface area contributed by atoms with Crippen LogP contribution in [0.25, 0.3) is 0 Å². The van der Waals surface area contributed by atoms with Crippen LogP contribution in [0, 0.1) is 5.92 Å². The Kier molecular flexibility index (Phi) is 6.14. The monoisotopic (exact) mass is 336 g/mol. The molecule has 0 spiro atoms. The van der Waals surface area contributed by atoms with Crippen LogP contribution in [0.5, 0.6) is 5.75 Å². The van der Waals surface area contributed by atoms with Crippen LogP contribution in [0.2, 0.25) is 0 Å². The van der Waals surface area contributed by atoms with E-state index in [9.17, 15) is 19.5 Å². The summed E-state index contributed by atoms with van der Waals surface area (Å²) >= 11 is 0. The summed E-state index contributed by atoms with van der Waals surface area (Å²) < 4.78 is 10.4. The van der Waals surface area contributed by atoms with Crippen molar-refractivity contribution in [1.82, 2.24) is 5.32 Å². The molecule has 1 aliphatic rings. The number of hydrogen-bond donors (Lipinski definition) is 3. The van der Waals surface area contributed by atoms with Crippen LogP contribution in [0.4, 0.5) is 0 Å². The average Bonchev–Trinajstić information content (AvgIpc) is 2.58. The summed E-state index contributed by atoms with van der Waals surface area (Å²) in [7, 11) is 0. The minimum Gasteiger partial charge on any atom is -0.484 e. The molecule has 0 aliphatic carbocycles. The smallest absolute Gasteiger partial charge is 0.326 e. The van der Waals surface area contributed by atoms with Gasteiger partial charge in [0.25, 0.3) is 11.8 Å². The number of hydrogen-bond acceptors (Lipinski definition) is 5.